The summed E-state index contributed by atoms with van der Waals surface area (Å²) in [6.07, 6.45) is 3.15. The summed E-state index contributed by atoms with van der Waals surface area (Å²) in [5.41, 5.74) is 8.91. The van der Waals surface area contributed by atoms with Crippen LogP contribution in [0.2, 0.25) is 0 Å². The lowest BCUT2D eigenvalue weighted by atomic mass is 9.99. The molecule has 4 aromatic carbocycles. The van der Waals surface area contributed by atoms with Crippen molar-refractivity contribution in [3.63, 3.8) is 0 Å². The van der Waals surface area contributed by atoms with Crippen molar-refractivity contribution in [2.24, 2.45) is 20.0 Å². The number of hydrogen-bond acceptors (Lipinski definition) is 4. The minimum absolute atomic E-state index is 0.699. The van der Waals surface area contributed by atoms with Gasteiger partial charge in [-0.15, -0.1) is 0 Å². The third kappa shape index (κ3) is 7.79. The maximum Gasteiger partial charge on any atom is 0.0480 e. The molecule has 0 bridgehead atoms. The number of aliphatic imine (C=N–C) groups is 4. The van der Waals surface area contributed by atoms with Gasteiger partial charge >= 0.3 is 0 Å². The van der Waals surface area contributed by atoms with Gasteiger partial charge in [0.2, 0.25) is 0 Å². The van der Waals surface area contributed by atoms with Gasteiger partial charge in [-0.05, 0) is 35.1 Å². The molecule has 5 rings (SSSR count). The fourth-order valence-electron chi connectivity index (χ4n) is 4.83. The van der Waals surface area contributed by atoms with Crippen molar-refractivity contribution >= 4 is 22.8 Å². The molecular weight excluding hydrogens is 488 g/mol. The summed E-state index contributed by atoms with van der Waals surface area (Å²) in [7, 11) is 0. The molecule has 0 atom stereocenters. The first-order valence-electron chi connectivity index (χ1n) is 14.2. The van der Waals surface area contributed by atoms with Gasteiger partial charge in [-0.1, -0.05) is 121 Å². The van der Waals surface area contributed by atoms with Crippen molar-refractivity contribution in [1.29, 1.82) is 0 Å². The number of nitrogens with zero attached hydrogens (tertiary/aromatic N) is 4. The van der Waals surface area contributed by atoms with Gasteiger partial charge in [0, 0.05) is 61.9 Å². The molecule has 200 valence electrons. The summed E-state index contributed by atoms with van der Waals surface area (Å²) < 4.78 is 0. The molecule has 4 aromatic rings. The second-order valence-electron chi connectivity index (χ2n) is 9.84. The van der Waals surface area contributed by atoms with E-state index in [1.54, 1.807) is 0 Å². The summed E-state index contributed by atoms with van der Waals surface area (Å²) in [6, 6.07) is 42.0. The van der Waals surface area contributed by atoms with Crippen LogP contribution in [0.5, 0.6) is 0 Å². The summed E-state index contributed by atoms with van der Waals surface area (Å²) in [6.45, 7) is 2.88. The predicted octanol–water partition coefficient (Wildman–Crippen LogP) is 7.52. The number of rotatable bonds is 4. The normalized spacial score (nSPS) is 15.8. The molecule has 0 saturated heterocycles. The Bertz CT molecular complexity index is 1230. The van der Waals surface area contributed by atoms with Gasteiger partial charge in [-0.25, -0.2) is 0 Å². The molecule has 0 unspecified atom stereocenters. The molecule has 0 saturated carbocycles. The second-order valence-corrected chi connectivity index (χ2v) is 9.84. The molecule has 0 fully saturated rings. The van der Waals surface area contributed by atoms with Gasteiger partial charge in [0.1, 0.15) is 0 Å². The summed E-state index contributed by atoms with van der Waals surface area (Å²) in [5.74, 6) is 0. The van der Waals surface area contributed by atoms with Crippen LogP contribution in [0.15, 0.2) is 141 Å². The minimum atomic E-state index is 0.699. The Labute approximate surface area is 238 Å². The molecule has 4 nitrogen and oxygen atoms in total. The van der Waals surface area contributed by atoms with Crippen LogP contribution < -0.4 is 0 Å². The number of benzene rings is 4. The van der Waals surface area contributed by atoms with Crippen LogP contribution >= 0.6 is 0 Å². The number of hydrogen-bond donors (Lipinski definition) is 0. The van der Waals surface area contributed by atoms with E-state index in [4.69, 9.17) is 20.0 Å². The van der Waals surface area contributed by atoms with Crippen LogP contribution in [-0.4, -0.2) is 49.0 Å². The predicted molar refractivity (Wildman–Crippen MR) is 170 cm³/mol. The average Bonchev–Trinajstić information content (AvgIpc) is 3.02. The SMILES string of the molecule is c1ccc(C2=NCCCN=C(c3ccccc3)CC(c3ccccc3)=NCCCN=C(c3ccccc3)C2)cc1. The van der Waals surface area contributed by atoms with Gasteiger partial charge < -0.3 is 0 Å². The fourth-order valence-corrected chi connectivity index (χ4v) is 4.83. The quantitative estimate of drug-likeness (QED) is 0.265. The van der Waals surface area contributed by atoms with E-state index in [1.807, 2.05) is 0 Å². The Morgan fingerprint density at radius 2 is 0.525 bits per heavy atom. The zero-order valence-corrected chi connectivity index (χ0v) is 23.0. The van der Waals surface area contributed by atoms with E-state index < -0.39 is 0 Å². The summed E-state index contributed by atoms with van der Waals surface area (Å²) in [5, 5.41) is 0. The Morgan fingerprint density at radius 3 is 0.750 bits per heavy atom. The maximum atomic E-state index is 5.10. The monoisotopic (exact) mass is 524 g/mol. The average molecular weight is 525 g/mol. The summed E-state index contributed by atoms with van der Waals surface area (Å²) >= 11 is 0. The fraction of sp³-hybridized carbons (Fsp3) is 0.222. The van der Waals surface area contributed by atoms with Crippen LogP contribution in [0, 0.1) is 0 Å². The first kappa shape index (κ1) is 27.1. The first-order chi connectivity index (χ1) is 19.9. The van der Waals surface area contributed by atoms with E-state index in [9.17, 15) is 0 Å². The molecule has 0 aromatic heterocycles. The molecule has 1 aliphatic heterocycles. The van der Waals surface area contributed by atoms with E-state index in [2.05, 4.69) is 121 Å². The van der Waals surface area contributed by atoms with E-state index in [1.165, 1.54) is 0 Å². The lowest BCUT2D eigenvalue weighted by molar-refractivity contribution is 0.836. The van der Waals surface area contributed by atoms with Crippen LogP contribution in [0.4, 0.5) is 0 Å². The third-order valence-electron chi connectivity index (χ3n) is 6.94. The van der Waals surface area contributed by atoms with Crippen LogP contribution in [0.1, 0.15) is 47.9 Å². The van der Waals surface area contributed by atoms with Crippen molar-refractivity contribution in [1.82, 2.24) is 0 Å². The highest BCUT2D eigenvalue weighted by atomic mass is 14.8. The third-order valence-corrected chi connectivity index (χ3v) is 6.94. The van der Waals surface area contributed by atoms with Crippen molar-refractivity contribution < 1.29 is 0 Å². The largest absolute Gasteiger partial charge is 0.289 e. The molecule has 1 aliphatic rings. The maximum absolute atomic E-state index is 5.10. The van der Waals surface area contributed by atoms with Gasteiger partial charge in [0.25, 0.3) is 0 Å². The summed E-state index contributed by atoms with van der Waals surface area (Å²) in [4.78, 5) is 20.4. The van der Waals surface area contributed by atoms with Crippen molar-refractivity contribution in [2.75, 3.05) is 26.2 Å². The molecule has 0 aliphatic carbocycles. The first-order valence-corrected chi connectivity index (χ1v) is 14.2. The van der Waals surface area contributed by atoms with Crippen molar-refractivity contribution in [2.45, 2.75) is 25.7 Å². The van der Waals surface area contributed by atoms with Crippen molar-refractivity contribution in [3.05, 3.63) is 144 Å². The molecule has 40 heavy (non-hydrogen) atoms. The van der Waals surface area contributed by atoms with Gasteiger partial charge in [-0.3, -0.25) is 20.0 Å². The second kappa shape index (κ2) is 14.6. The standard InChI is InChI=1S/C36H36N4/c1-5-15-29(16-6-1)33-27-34(30-17-7-2-8-18-30)38-25-14-26-40-36(32-21-11-4-12-22-32)28-35(39-24-13-23-37-33)31-19-9-3-10-20-31/h1-12,15-22H,13-14,23-28H2. The van der Waals surface area contributed by atoms with Crippen LogP contribution in [-0.2, 0) is 0 Å². The van der Waals surface area contributed by atoms with Gasteiger partial charge in [0.15, 0.2) is 0 Å². The molecule has 4 heteroatoms. The molecule has 1 heterocycles. The molecular formula is C36H36N4. The lowest BCUT2D eigenvalue weighted by Gasteiger charge is -2.13. The molecule has 0 amide bonds. The highest BCUT2D eigenvalue weighted by Gasteiger charge is 2.13. The van der Waals surface area contributed by atoms with Gasteiger partial charge in [0.05, 0.1) is 0 Å². The van der Waals surface area contributed by atoms with Crippen molar-refractivity contribution in [3.8, 4) is 0 Å². The molecule has 0 N–H and O–H groups in total. The highest BCUT2D eigenvalue weighted by Crippen LogP contribution is 2.15. The van der Waals surface area contributed by atoms with Crippen LogP contribution in [0.25, 0.3) is 0 Å². The highest BCUT2D eigenvalue weighted by molar-refractivity contribution is 6.18. The van der Waals surface area contributed by atoms with Crippen LogP contribution in [0.3, 0.4) is 0 Å². The van der Waals surface area contributed by atoms with E-state index in [0.717, 1.165) is 84.1 Å². The van der Waals surface area contributed by atoms with Gasteiger partial charge in [-0.2, -0.15) is 0 Å². The topological polar surface area (TPSA) is 49.4 Å². The minimum Gasteiger partial charge on any atom is -0.289 e. The Morgan fingerprint density at radius 1 is 0.300 bits per heavy atom. The van der Waals surface area contributed by atoms with E-state index in [-0.39, 0.29) is 0 Å². The van der Waals surface area contributed by atoms with E-state index in [0.29, 0.717) is 12.8 Å². The zero-order chi connectivity index (χ0) is 27.2. The Balaban J connectivity index is 1.48. The zero-order valence-electron chi connectivity index (χ0n) is 23.0. The molecule has 0 spiro atoms. The lowest BCUT2D eigenvalue weighted by Crippen LogP contribution is -2.14. The smallest absolute Gasteiger partial charge is 0.0480 e. The van der Waals surface area contributed by atoms with E-state index >= 15 is 0 Å². The Hall–Kier alpha value is -4.44. The Kier molecular flexibility index (Phi) is 9.93. The molecule has 0 radical (unpaired) electrons.